The molecule has 2 N–H and O–H groups in total. The van der Waals surface area contributed by atoms with Crippen LogP contribution >= 0.6 is 48.0 Å². The van der Waals surface area contributed by atoms with Crippen molar-refractivity contribution in [2.75, 3.05) is 26.2 Å². The first-order chi connectivity index (χ1) is 13.1. The number of carbonyl (C=O) groups is 1. The summed E-state index contributed by atoms with van der Waals surface area (Å²) in [6.07, 6.45) is 1.74. The summed E-state index contributed by atoms with van der Waals surface area (Å²) in [6, 6.07) is 13.7. The van der Waals surface area contributed by atoms with Gasteiger partial charge in [-0.25, -0.2) is 0 Å². The van der Waals surface area contributed by atoms with Crippen LogP contribution in [-0.2, 0) is 23.3 Å². The molecule has 4 nitrogen and oxygen atoms in total. The van der Waals surface area contributed by atoms with Crippen LogP contribution < -0.4 is 10.6 Å². The quantitative estimate of drug-likeness (QED) is 0.694. The van der Waals surface area contributed by atoms with Crippen LogP contribution in [0.1, 0.15) is 23.1 Å². The van der Waals surface area contributed by atoms with Crippen LogP contribution in [0.4, 0.5) is 0 Å². The fourth-order valence-electron chi connectivity index (χ4n) is 4.33. The number of benzene rings is 2. The lowest BCUT2D eigenvalue weighted by Gasteiger charge is -2.43. The van der Waals surface area contributed by atoms with E-state index in [2.05, 4.69) is 33.7 Å². The van der Waals surface area contributed by atoms with Crippen molar-refractivity contribution >= 4 is 53.9 Å². The summed E-state index contributed by atoms with van der Waals surface area (Å²) in [5.41, 5.74) is 2.69. The molecule has 0 bridgehead atoms. The number of amides is 1. The van der Waals surface area contributed by atoms with Gasteiger partial charge in [0.1, 0.15) is 5.54 Å². The zero-order chi connectivity index (χ0) is 18.9. The smallest absolute Gasteiger partial charge is 0.245 e. The van der Waals surface area contributed by atoms with Gasteiger partial charge in [0.2, 0.25) is 5.91 Å². The van der Waals surface area contributed by atoms with Crippen LogP contribution in [0.2, 0.25) is 10.0 Å². The summed E-state index contributed by atoms with van der Waals surface area (Å²) in [4.78, 5) is 15.9. The minimum atomic E-state index is -0.600. The van der Waals surface area contributed by atoms with Gasteiger partial charge in [-0.15, -0.1) is 24.8 Å². The van der Waals surface area contributed by atoms with E-state index in [0.29, 0.717) is 16.6 Å². The molecule has 1 aliphatic carbocycles. The number of carbonyl (C=O) groups excluding carboxylic acids is 1. The van der Waals surface area contributed by atoms with Crippen LogP contribution in [-0.4, -0.2) is 37.0 Å². The van der Waals surface area contributed by atoms with E-state index in [1.807, 2.05) is 12.1 Å². The van der Waals surface area contributed by atoms with Gasteiger partial charge in [-0.3, -0.25) is 9.69 Å². The first kappa shape index (κ1) is 24.3. The lowest BCUT2D eigenvalue weighted by atomic mass is 9.87. The third kappa shape index (κ3) is 4.68. The molecule has 2 aromatic carbocycles. The lowest BCUT2D eigenvalue weighted by molar-refractivity contribution is -0.135. The first-order valence-electron chi connectivity index (χ1n) is 9.37. The highest BCUT2D eigenvalue weighted by Crippen LogP contribution is 2.42. The minimum absolute atomic E-state index is 0. The molecule has 1 atom stereocenters. The van der Waals surface area contributed by atoms with E-state index in [9.17, 15) is 4.79 Å². The summed E-state index contributed by atoms with van der Waals surface area (Å²) in [7, 11) is 0. The van der Waals surface area contributed by atoms with Crippen LogP contribution in [0.3, 0.4) is 0 Å². The fourth-order valence-corrected chi connectivity index (χ4v) is 4.81. The van der Waals surface area contributed by atoms with Gasteiger partial charge in [0.25, 0.3) is 0 Å². The second kappa shape index (κ2) is 10.3. The van der Waals surface area contributed by atoms with Crippen molar-refractivity contribution in [3.8, 4) is 0 Å². The van der Waals surface area contributed by atoms with Crippen LogP contribution in [0.5, 0.6) is 0 Å². The average molecular weight is 477 g/mol. The molecular weight excluding hydrogens is 452 g/mol. The molecule has 2 aliphatic rings. The normalized spacial score (nSPS) is 20.9. The molecule has 0 unspecified atom stereocenters. The molecule has 1 aliphatic heterocycles. The highest BCUT2D eigenvalue weighted by Gasteiger charge is 2.49. The van der Waals surface area contributed by atoms with E-state index in [1.54, 1.807) is 12.1 Å². The standard InChI is InChI=1S/C21H23Cl2N3O.2ClH/c22-17-6-5-16(19(23)13-17)14-25-20(27)21(26-11-9-24-10-12-26)8-7-15-3-1-2-4-18(15)21;;/h1-6,13,24H,7-12,14H2,(H,25,27);2*1H/t21-;;/m0../s1. The number of hydrogen-bond acceptors (Lipinski definition) is 3. The van der Waals surface area contributed by atoms with Gasteiger partial charge in [0.05, 0.1) is 0 Å². The van der Waals surface area contributed by atoms with E-state index in [-0.39, 0.29) is 30.7 Å². The number of rotatable bonds is 4. The monoisotopic (exact) mass is 475 g/mol. The Hall–Kier alpha value is -1.01. The maximum atomic E-state index is 13.5. The fraction of sp³-hybridized carbons (Fsp3) is 0.381. The zero-order valence-electron chi connectivity index (χ0n) is 15.9. The molecule has 1 heterocycles. The van der Waals surface area contributed by atoms with Crippen molar-refractivity contribution in [2.45, 2.75) is 24.9 Å². The van der Waals surface area contributed by atoms with E-state index >= 15 is 0 Å². The number of fused-ring (bicyclic) bond motifs is 1. The second-order valence-corrected chi connectivity index (χ2v) is 8.02. The van der Waals surface area contributed by atoms with Crippen molar-refractivity contribution in [1.82, 2.24) is 15.5 Å². The number of nitrogens with zero attached hydrogens (tertiary/aromatic N) is 1. The predicted molar refractivity (Wildman–Crippen MR) is 124 cm³/mol. The van der Waals surface area contributed by atoms with Gasteiger partial charge in [0.15, 0.2) is 0 Å². The molecule has 1 fully saturated rings. The van der Waals surface area contributed by atoms with Crippen molar-refractivity contribution < 1.29 is 4.79 Å². The van der Waals surface area contributed by atoms with E-state index < -0.39 is 5.54 Å². The highest BCUT2D eigenvalue weighted by molar-refractivity contribution is 6.35. The second-order valence-electron chi connectivity index (χ2n) is 7.17. The third-order valence-electron chi connectivity index (χ3n) is 5.71. The molecule has 1 saturated heterocycles. The molecule has 0 saturated carbocycles. The molecule has 0 radical (unpaired) electrons. The van der Waals surface area contributed by atoms with Crippen molar-refractivity contribution in [3.63, 3.8) is 0 Å². The molecule has 8 heteroatoms. The van der Waals surface area contributed by atoms with Crippen LogP contribution in [0.25, 0.3) is 0 Å². The van der Waals surface area contributed by atoms with E-state index in [0.717, 1.165) is 50.1 Å². The van der Waals surface area contributed by atoms with Crippen molar-refractivity contribution in [1.29, 1.82) is 0 Å². The topological polar surface area (TPSA) is 44.4 Å². The molecule has 4 rings (SSSR count). The Morgan fingerprint density at radius 2 is 1.83 bits per heavy atom. The summed E-state index contributed by atoms with van der Waals surface area (Å²) in [5.74, 6) is 0.0559. The van der Waals surface area contributed by atoms with Gasteiger partial charge in [-0.1, -0.05) is 53.5 Å². The third-order valence-corrected chi connectivity index (χ3v) is 6.29. The van der Waals surface area contributed by atoms with Gasteiger partial charge in [-0.2, -0.15) is 0 Å². The lowest BCUT2D eigenvalue weighted by Crippen LogP contribution is -2.60. The number of piperazine rings is 1. The minimum Gasteiger partial charge on any atom is -0.350 e. The number of aryl methyl sites for hydroxylation is 1. The van der Waals surface area contributed by atoms with E-state index in [1.165, 1.54) is 5.56 Å². The number of hydrogen-bond donors (Lipinski definition) is 2. The molecule has 2 aromatic rings. The summed E-state index contributed by atoms with van der Waals surface area (Å²) in [6.45, 7) is 3.93. The van der Waals surface area contributed by atoms with Gasteiger partial charge < -0.3 is 10.6 Å². The summed E-state index contributed by atoms with van der Waals surface area (Å²) in [5, 5.41) is 7.71. The highest BCUT2D eigenvalue weighted by atomic mass is 35.5. The van der Waals surface area contributed by atoms with Gasteiger partial charge in [-0.05, 0) is 41.7 Å². The average Bonchev–Trinajstić information content (AvgIpc) is 3.08. The molecular formula is C21H25Cl4N3O. The summed E-state index contributed by atoms with van der Waals surface area (Å²) < 4.78 is 0. The Labute approximate surface area is 194 Å². The van der Waals surface area contributed by atoms with Crippen LogP contribution in [0.15, 0.2) is 42.5 Å². The molecule has 0 aromatic heterocycles. The van der Waals surface area contributed by atoms with Crippen LogP contribution in [0, 0.1) is 0 Å². The zero-order valence-corrected chi connectivity index (χ0v) is 19.1. The Bertz CT molecular complexity index is 858. The van der Waals surface area contributed by atoms with Crippen molar-refractivity contribution in [2.24, 2.45) is 0 Å². The molecule has 0 spiro atoms. The first-order valence-corrected chi connectivity index (χ1v) is 10.1. The van der Waals surface area contributed by atoms with Gasteiger partial charge >= 0.3 is 0 Å². The number of nitrogens with one attached hydrogen (secondary N) is 2. The molecule has 29 heavy (non-hydrogen) atoms. The van der Waals surface area contributed by atoms with Crippen molar-refractivity contribution in [3.05, 3.63) is 69.2 Å². The SMILES string of the molecule is Cl.Cl.O=C(NCc1ccc(Cl)cc1Cl)[C@]1(N2CCNCC2)CCc2ccccc21. The Morgan fingerprint density at radius 1 is 1.10 bits per heavy atom. The summed E-state index contributed by atoms with van der Waals surface area (Å²) >= 11 is 12.3. The predicted octanol–water partition coefficient (Wildman–Crippen LogP) is 4.20. The maximum absolute atomic E-state index is 13.5. The Morgan fingerprint density at radius 3 is 2.55 bits per heavy atom. The Kier molecular flexibility index (Phi) is 8.65. The molecule has 158 valence electrons. The number of halogens is 4. The Balaban J connectivity index is 0.00000150. The molecule has 1 amide bonds. The largest absolute Gasteiger partial charge is 0.350 e. The van der Waals surface area contributed by atoms with E-state index in [4.69, 9.17) is 23.2 Å². The van der Waals surface area contributed by atoms with Gasteiger partial charge in [0, 0.05) is 42.8 Å². The maximum Gasteiger partial charge on any atom is 0.245 e.